The lowest BCUT2D eigenvalue weighted by molar-refractivity contribution is -0.132. The van der Waals surface area contributed by atoms with Crippen LogP contribution in [0.2, 0.25) is 0 Å². The molecule has 2 aliphatic heterocycles. The summed E-state index contributed by atoms with van der Waals surface area (Å²) in [6.45, 7) is 0.609. The molecule has 2 fully saturated rings. The molecule has 0 radical (unpaired) electrons. The van der Waals surface area contributed by atoms with E-state index in [1.165, 1.54) is 0 Å². The van der Waals surface area contributed by atoms with E-state index in [2.05, 4.69) is 10.6 Å². The lowest BCUT2D eigenvalue weighted by Gasteiger charge is -2.36. The van der Waals surface area contributed by atoms with Crippen molar-refractivity contribution in [2.24, 2.45) is 0 Å². The molecule has 10 heavy (non-hydrogen) atoms. The summed E-state index contributed by atoms with van der Waals surface area (Å²) in [5.74, 6) is 0.0940. The zero-order valence-electron chi connectivity index (χ0n) is 5.44. The number of rotatable bonds is 0. The average molecular weight is 140 g/mol. The molecule has 0 saturated carbocycles. The first-order valence-electron chi connectivity index (χ1n) is 3.28. The number of β-lactam (4-membered cyclic amide) rings is 1. The second kappa shape index (κ2) is 1.51. The van der Waals surface area contributed by atoms with E-state index in [1.54, 1.807) is 0 Å². The summed E-state index contributed by atoms with van der Waals surface area (Å²) in [6.07, 6.45) is 0.963. The summed E-state index contributed by atoms with van der Waals surface area (Å²) in [4.78, 5) is 21.2. The number of hydrogen-bond donors (Lipinski definition) is 2. The van der Waals surface area contributed by atoms with Crippen LogP contribution < -0.4 is 10.6 Å². The Balaban J connectivity index is 2.07. The van der Waals surface area contributed by atoms with Gasteiger partial charge in [0.15, 0.2) is 0 Å². The van der Waals surface area contributed by atoms with Gasteiger partial charge in [0.1, 0.15) is 0 Å². The summed E-state index contributed by atoms with van der Waals surface area (Å²) < 4.78 is 0. The smallest absolute Gasteiger partial charge is 0.222 e. The number of amides is 2. The van der Waals surface area contributed by atoms with Crippen molar-refractivity contribution in [1.29, 1.82) is 0 Å². The monoisotopic (exact) mass is 140 g/mol. The van der Waals surface area contributed by atoms with Gasteiger partial charge in [-0.25, -0.2) is 0 Å². The molecule has 2 rings (SSSR count). The predicted octanol–water partition coefficient (Wildman–Crippen LogP) is -1.23. The second-order valence-electron chi connectivity index (χ2n) is 2.96. The first-order valence-corrected chi connectivity index (χ1v) is 3.28. The standard InChI is InChI=1S/C6H8N2O2/c9-4-1-6(3-7-4)2-5(10)8-6/h1-3H2,(H,7,9)(H,8,10). The minimum absolute atomic E-state index is 0.0417. The Labute approximate surface area is 58.0 Å². The molecule has 0 aliphatic carbocycles. The van der Waals surface area contributed by atoms with Crippen molar-refractivity contribution >= 4 is 11.8 Å². The van der Waals surface area contributed by atoms with Crippen molar-refractivity contribution in [3.8, 4) is 0 Å². The summed E-state index contributed by atoms with van der Waals surface area (Å²) in [5.41, 5.74) is -0.200. The van der Waals surface area contributed by atoms with Crippen molar-refractivity contribution in [2.75, 3.05) is 6.54 Å². The van der Waals surface area contributed by atoms with E-state index in [9.17, 15) is 9.59 Å². The quantitative estimate of drug-likeness (QED) is 0.414. The maximum absolute atomic E-state index is 10.7. The minimum atomic E-state index is -0.200. The van der Waals surface area contributed by atoms with Crippen LogP contribution in [0.1, 0.15) is 12.8 Å². The van der Waals surface area contributed by atoms with E-state index in [0.717, 1.165) is 0 Å². The Bertz CT molecular complexity index is 204. The molecule has 4 nitrogen and oxygen atoms in total. The molecular weight excluding hydrogens is 132 g/mol. The van der Waals surface area contributed by atoms with Crippen LogP contribution in [0.4, 0.5) is 0 Å². The molecule has 4 heteroatoms. The van der Waals surface area contributed by atoms with Gasteiger partial charge in [0, 0.05) is 6.54 Å². The van der Waals surface area contributed by atoms with E-state index in [4.69, 9.17) is 0 Å². The van der Waals surface area contributed by atoms with E-state index < -0.39 is 0 Å². The van der Waals surface area contributed by atoms with Crippen LogP contribution >= 0.6 is 0 Å². The van der Waals surface area contributed by atoms with E-state index in [0.29, 0.717) is 19.4 Å². The van der Waals surface area contributed by atoms with E-state index >= 15 is 0 Å². The molecule has 1 unspecified atom stereocenters. The highest BCUT2D eigenvalue weighted by Gasteiger charge is 2.47. The topological polar surface area (TPSA) is 58.2 Å². The average Bonchev–Trinajstić information content (AvgIpc) is 2.10. The SMILES string of the molecule is O=C1CC2(CN1)CC(=O)N2. The summed E-state index contributed by atoms with van der Waals surface area (Å²) in [6, 6.07) is 0. The van der Waals surface area contributed by atoms with Gasteiger partial charge in [-0.1, -0.05) is 0 Å². The highest BCUT2D eigenvalue weighted by molar-refractivity contribution is 5.90. The largest absolute Gasteiger partial charge is 0.354 e. The molecular formula is C6H8N2O2. The van der Waals surface area contributed by atoms with Crippen molar-refractivity contribution < 1.29 is 9.59 Å². The van der Waals surface area contributed by atoms with Gasteiger partial charge in [0.05, 0.1) is 18.4 Å². The van der Waals surface area contributed by atoms with Gasteiger partial charge in [-0.2, -0.15) is 0 Å². The fourth-order valence-electron chi connectivity index (χ4n) is 1.50. The van der Waals surface area contributed by atoms with Crippen LogP contribution in [0.5, 0.6) is 0 Å². The van der Waals surface area contributed by atoms with Crippen molar-refractivity contribution in [1.82, 2.24) is 10.6 Å². The molecule has 1 spiro atoms. The third-order valence-electron chi connectivity index (χ3n) is 2.03. The Morgan fingerprint density at radius 2 is 1.90 bits per heavy atom. The fraction of sp³-hybridized carbons (Fsp3) is 0.667. The zero-order chi connectivity index (χ0) is 7.19. The van der Waals surface area contributed by atoms with Crippen LogP contribution in [0.25, 0.3) is 0 Å². The molecule has 2 heterocycles. The molecule has 2 aliphatic rings. The lowest BCUT2D eigenvalue weighted by Crippen LogP contribution is -2.62. The first-order chi connectivity index (χ1) is 4.70. The van der Waals surface area contributed by atoms with Crippen LogP contribution in [0, 0.1) is 0 Å². The molecule has 0 aromatic heterocycles. The molecule has 2 amide bonds. The Hall–Kier alpha value is -1.06. The van der Waals surface area contributed by atoms with Crippen molar-refractivity contribution in [3.05, 3.63) is 0 Å². The fourth-order valence-corrected chi connectivity index (χ4v) is 1.50. The Morgan fingerprint density at radius 3 is 2.30 bits per heavy atom. The van der Waals surface area contributed by atoms with Gasteiger partial charge < -0.3 is 10.6 Å². The summed E-state index contributed by atoms with van der Waals surface area (Å²) in [7, 11) is 0. The van der Waals surface area contributed by atoms with Crippen LogP contribution in [-0.2, 0) is 9.59 Å². The second-order valence-corrected chi connectivity index (χ2v) is 2.96. The molecule has 0 aromatic carbocycles. The Kier molecular flexibility index (Phi) is 0.859. The van der Waals surface area contributed by atoms with Gasteiger partial charge in [-0.05, 0) is 0 Å². The number of carbonyl (C=O) groups excluding carboxylic acids is 2. The number of carbonyl (C=O) groups is 2. The minimum Gasteiger partial charge on any atom is -0.354 e. The molecule has 2 N–H and O–H groups in total. The zero-order valence-corrected chi connectivity index (χ0v) is 5.44. The first kappa shape index (κ1) is 5.70. The predicted molar refractivity (Wildman–Crippen MR) is 33.1 cm³/mol. The van der Waals surface area contributed by atoms with Crippen molar-refractivity contribution in [3.63, 3.8) is 0 Å². The van der Waals surface area contributed by atoms with Gasteiger partial charge in [0.25, 0.3) is 0 Å². The van der Waals surface area contributed by atoms with Gasteiger partial charge in [-0.15, -0.1) is 0 Å². The summed E-state index contributed by atoms with van der Waals surface area (Å²) in [5, 5.41) is 5.41. The van der Waals surface area contributed by atoms with Gasteiger partial charge in [0.2, 0.25) is 11.8 Å². The highest BCUT2D eigenvalue weighted by Crippen LogP contribution is 2.26. The maximum Gasteiger partial charge on any atom is 0.222 e. The van der Waals surface area contributed by atoms with Gasteiger partial charge >= 0.3 is 0 Å². The molecule has 2 saturated heterocycles. The molecule has 0 bridgehead atoms. The molecule has 1 atom stereocenters. The van der Waals surface area contributed by atoms with Gasteiger partial charge in [-0.3, -0.25) is 9.59 Å². The maximum atomic E-state index is 10.7. The third kappa shape index (κ3) is 0.616. The molecule has 0 aromatic rings. The van der Waals surface area contributed by atoms with Crippen LogP contribution in [0.3, 0.4) is 0 Å². The van der Waals surface area contributed by atoms with Crippen LogP contribution in [0.15, 0.2) is 0 Å². The number of hydrogen-bond acceptors (Lipinski definition) is 2. The van der Waals surface area contributed by atoms with E-state index in [1.807, 2.05) is 0 Å². The Morgan fingerprint density at radius 1 is 1.20 bits per heavy atom. The normalized spacial score (nSPS) is 37.2. The lowest BCUT2D eigenvalue weighted by atomic mass is 9.86. The molecule has 54 valence electrons. The number of nitrogens with one attached hydrogen (secondary N) is 2. The van der Waals surface area contributed by atoms with Crippen molar-refractivity contribution in [2.45, 2.75) is 18.4 Å². The summed E-state index contributed by atoms with van der Waals surface area (Å²) >= 11 is 0. The third-order valence-corrected chi connectivity index (χ3v) is 2.03. The van der Waals surface area contributed by atoms with Crippen LogP contribution in [-0.4, -0.2) is 23.9 Å². The van der Waals surface area contributed by atoms with E-state index in [-0.39, 0.29) is 17.4 Å². The highest BCUT2D eigenvalue weighted by atomic mass is 16.2.